The van der Waals surface area contributed by atoms with E-state index in [1.165, 1.54) is 11.1 Å². The Hall–Kier alpha value is -2.17. The van der Waals surface area contributed by atoms with Gasteiger partial charge in [-0.25, -0.2) is 4.98 Å². The van der Waals surface area contributed by atoms with Gasteiger partial charge in [0.15, 0.2) is 0 Å². The molecular formula is C22H31N5O2. The number of carbonyl (C=O) groups excluding carboxylic acids is 1. The van der Waals surface area contributed by atoms with E-state index < -0.39 is 0 Å². The summed E-state index contributed by atoms with van der Waals surface area (Å²) in [6.07, 6.45) is 3.15. The zero-order chi connectivity index (χ0) is 20.4. The van der Waals surface area contributed by atoms with E-state index in [0.29, 0.717) is 38.8 Å². The lowest BCUT2D eigenvalue weighted by Gasteiger charge is -2.37. The Bertz CT molecular complexity index is 802. The Balaban J connectivity index is 1.45. The first kappa shape index (κ1) is 20.1. The molecule has 0 bridgehead atoms. The quantitative estimate of drug-likeness (QED) is 0.768. The van der Waals surface area contributed by atoms with Gasteiger partial charge < -0.3 is 14.5 Å². The van der Waals surface area contributed by atoms with Crippen molar-refractivity contribution in [2.45, 2.75) is 39.0 Å². The van der Waals surface area contributed by atoms with Gasteiger partial charge in [-0.05, 0) is 36.3 Å². The molecule has 0 saturated carbocycles. The average Bonchev–Trinajstić information content (AvgIpc) is 3.23. The van der Waals surface area contributed by atoms with E-state index in [-0.39, 0.29) is 5.91 Å². The molecular weight excluding hydrogens is 366 g/mol. The summed E-state index contributed by atoms with van der Waals surface area (Å²) in [4.78, 5) is 23.9. The van der Waals surface area contributed by atoms with Gasteiger partial charge >= 0.3 is 0 Å². The van der Waals surface area contributed by atoms with E-state index in [0.717, 1.165) is 62.5 Å². The fraction of sp³-hybridized carbons (Fsp3) is 0.682. The second-order valence-electron chi connectivity index (χ2n) is 8.53. The maximum Gasteiger partial charge on any atom is 0.236 e. The highest BCUT2D eigenvalue weighted by atomic mass is 16.5. The molecule has 0 radical (unpaired) electrons. The zero-order valence-electron chi connectivity index (χ0n) is 17.6. The van der Waals surface area contributed by atoms with Crippen LogP contribution >= 0.6 is 0 Å². The van der Waals surface area contributed by atoms with Crippen LogP contribution in [0.2, 0.25) is 0 Å². The summed E-state index contributed by atoms with van der Waals surface area (Å²) >= 11 is 0. The minimum atomic E-state index is 0.192. The number of aromatic nitrogens is 1. The van der Waals surface area contributed by atoms with Gasteiger partial charge in [-0.1, -0.05) is 13.8 Å². The maximum atomic E-state index is 12.5. The van der Waals surface area contributed by atoms with Crippen molar-refractivity contribution in [2.75, 3.05) is 63.9 Å². The number of hydrogen-bond acceptors (Lipinski definition) is 6. The van der Waals surface area contributed by atoms with Gasteiger partial charge in [0.1, 0.15) is 11.9 Å². The molecule has 1 aromatic heterocycles. The lowest BCUT2D eigenvalue weighted by Crippen LogP contribution is -2.52. The van der Waals surface area contributed by atoms with Gasteiger partial charge in [0.25, 0.3) is 0 Å². The Morgan fingerprint density at radius 3 is 2.45 bits per heavy atom. The number of morpholine rings is 1. The lowest BCUT2D eigenvalue weighted by molar-refractivity contribution is -0.136. The SMILES string of the molecule is CC(C)c1nc(N2CCN(CC(=O)N3CCOCC3)CC2)c(C#N)c2c1CCC2. The summed E-state index contributed by atoms with van der Waals surface area (Å²) in [5.41, 5.74) is 4.48. The van der Waals surface area contributed by atoms with Crippen LogP contribution in [0.1, 0.15) is 48.6 Å². The van der Waals surface area contributed by atoms with E-state index >= 15 is 0 Å². The molecule has 3 aliphatic rings. The molecule has 0 unspecified atom stereocenters. The first-order valence-electron chi connectivity index (χ1n) is 10.9. The molecule has 2 fully saturated rings. The van der Waals surface area contributed by atoms with Gasteiger partial charge in [0.2, 0.25) is 5.91 Å². The van der Waals surface area contributed by atoms with Crippen LogP contribution in [-0.4, -0.2) is 79.7 Å². The number of carbonyl (C=O) groups is 1. The summed E-state index contributed by atoms with van der Waals surface area (Å²) in [6, 6.07) is 2.46. The Labute approximate surface area is 173 Å². The minimum Gasteiger partial charge on any atom is -0.378 e. The van der Waals surface area contributed by atoms with Crippen molar-refractivity contribution in [1.29, 1.82) is 5.26 Å². The molecule has 1 amide bonds. The normalized spacial score (nSPS) is 20.1. The molecule has 3 heterocycles. The molecule has 7 heteroatoms. The van der Waals surface area contributed by atoms with Crippen LogP contribution in [0.25, 0.3) is 0 Å². The smallest absolute Gasteiger partial charge is 0.236 e. The summed E-state index contributed by atoms with van der Waals surface area (Å²) in [5.74, 6) is 1.41. The number of anilines is 1. The first-order valence-corrected chi connectivity index (χ1v) is 10.9. The number of rotatable bonds is 4. The van der Waals surface area contributed by atoms with Crippen molar-refractivity contribution in [3.63, 3.8) is 0 Å². The van der Waals surface area contributed by atoms with E-state index in [2.05, 4.69) is 29.7 Å². The molecule has 4 rings (SSSR count). The van der Waals surface area contributed by atoms with Crippen LogP contribution in [0.4, 0.5) is 5.82 Å². The minimum absolute atomic E-state index is 0.192. The predicted molar refractivity (Wildman–Crippen MR) is 111 cm³/mol. The van der Waals surface area contributed by atoms with Crippen LogP contribution in [0.15, 0.2) is 0 Å². The predicted octanol–water partition coefficient (Wildman–Crippen LogP) is 1.55. The topological polar surface area (TPSA) is 72.7 Å². The van der Waals surface area contributed by atoms with Crippen LogP contribution < -0.4 is 4.90 Å². The Morgan fingerprint density at radius 1 is 1.10 bits per heavy atom. The molecule has 29 heavy (non-hydrogen) atoms. The Kier molecular flexibility index (Phi) is 6.02. The fourth-order valence-corrected chi connectivity index (χ4v) is 4.72. The Morgan fingerprint density at radius 2 is 1.79 bits per heavy atom. The molecule has 7 nitrogen and oxygen atoms in total. The van der Waals surface area contributed by atoms with Gasteiger partial charge in [-0.2, -0.15) is 5.26 Å². The van der Waals surface area contributed by atoms with Gasteiger partial charge in [0, 0.05) is 45.0 Å². The molecule has 156 valence electrons. The molecule has 0 atom stereocenters. The van der Waals surface area contributed by atoms with Crippen molar-refractivity contribution in [3.05, 3.63) is 22.4 Å². The number of piperazine rings is 1. The molecule has 2 aliphatic heterocycles. The highest BCUT2D eigenvalue weighted by Gasteiger charge is 2.29. The number of ether oxygens (including phenoxy) is 1. The second-order valence-corrected chi connectivity index (χ2v) is 8.53. The summed E-state index contributed by atoms with van der Waals surface area (Å²) in [7, 11) is 0. The highest BCUT2D eigenvalue weighted by Crippen LogP contribution is 2.35. The first-order chi connectivity index (χ1) is 14.1. The molecule has 1 aliphatic carbocycles. The lowest BCUT2D eigenvalue weighted by atomic mass is 9.97. The number of fused-ring (bicyclic) bond motifs is 1. The van der Waals surface area contributed by atoms with Gasteiger partial charge in [-0.3, -0.25) is 9.69 Å². The van der Waals surface area contributed by atoms with Crippen LogP contribution in [0, 0.1) is 11.3 Å². The molecule has 2 saturated heterocycles. The van der Waals surface area contributed by atoms with E-state index in [9.17, 15) is 10.1 Å². The van der Waals surface area contributed by atoms with E-state index in [1.807, 2.05) is 4.90 Å². The second kappa shape index (κ2) is 8.68. The van der Waals surface area contributed by atoms with E-state index in [1.54, 1.807) is 0 Å². The zero-order valence-corrected chi connectivity index (χ0v) is 17.6. The standard InChI is InChI=1S/C22H31N5O2/c1-16(2)21-18-5-3-4-17(18)19(14-23)22(24-21)27-8-6-25(7-9-27)15-20(28)26-10-12-29-13-11-26/h16H,3-13,15H2,1-2H3. The molecule has 0 aromatic carbocycles. The largest absolute Gasteiger partial charge is 0.378 e. The number of pyridine rings is 1. The van der Waals surface area contributed by atoms with Crippen molar-refractivity contribution in [3.8, 4) is 6.07 Å². The summed E-state index contributed by atoms with van der Waals surface area (Å²) in [6.45, 7) is 10.7. The van der Waals surface area contributed by atoms with Crippen molar-refractivity contribution < 1.29 is 9.53 Å². The third-order valence-corrected chi connectivity index (χ3v) is 6.33. The fourth-order valence-electron chi connectivity index (χ4n) is 4.72. The molecule has 0 spiro atoms. The molecule has 1 aromatic rings. The van der Waals surface area contributed by atoms with Gasteiger partial charge in [0.05, 0.1) is 25.3 Å². The van der Waals surface area contributed by atoms with E-state index in [4.69, 9.17) is 9.72 Å². The number of nitriles is 1. The van der Waals surface area contributed by atoms with Crippen molar-refractivity contribution in [1.82, 2.24) is 14.8 Å². The third-order valence-electron chi connectivity index (χ3n) is 6.33. The van der Waals surface area contributed by atoms with Crippen LogP contribution in [-0.2, 0) is 22.4 Å². The summed E-state index contributed by atoms with van der Waals surface area (Å²) in [5, 5.41) is 9.87. The number of hydrogen-bond donors (Lipinski definition) is 0. The molecule has 0 N–H and O–H groups in total. The monoisotopic (exact) mass is 397 g/mol. The van der Waals surface area contributed by atoms with Crippen molar-refractivity contribution in [2.24, 2.45) is 0 Å². The third kappa shape index (κ3) is 4.10. The number of amides is 1. The number of nitrogens with zero attached hydrogens (tertiary/aromatic N) is 5. The van der Waals surface area contributed by atoms with Crippen molar-refractivity contribution >= 4 is 11.7 Å². The maximum absolute atomic E-state index is 12.5. The highest BCUT2D eigenvalue weighted by molar-refractivity contribution is 5.78. The van der Waals surface area contributed by atoms with Crippen LogP contribution in [0.3, 0.4) is 0 Å². The summed E-state index contributed by atoms with van der Waals surface area (Å²) < 4.78 is 5.34. The average molecular weight is 398 g/mol. The van der Waals surface area contributed by atoms with Gasteiger partial charge in [-0.15, -0.1) is 0 Å². The van der Waals surface area contributed by atoms with Crippen LogP contribution in [0.5, 0.6) is 0 Å².